The number of nitrogens with one attached hydrogen (secondary N) is 2. The van der Waals surface area contributed by atoms with Gasteiger partial charge in [0.1, 0.15) is 11.5 Å². The minimum Gasteiger partial charge on any atom is -0.493 e. The maximum Gasteiger partial charge on any atom is 0.327 e. The Morgan fingerprint density at radius 1 is 1.13 bits per heavy atom. The molecular weight excluding hydrogens is 534 g/mol. The molecule has 158 valence electrons. The van der Waals surface area contributed by atoms with Crippen molar-refractivity contribution in [3.63, 3.8) is 0 Å². The van der Waals surface area contributed by atoms with Crippen molar-refractivity contribution in [2.24, 2.45) is 0 Å². The maximum atomic E-state index is 15.0. The van der Waals surface area contributed by atoms with Gasteiger partial charge in [-0.05, 0) is 6.92 Å². The first-order valence-corrected chi connectivity index (χ1v) is 10.1. The summed E-state index contributed by atoms with van der Waals surface area (Å²) in [4.78, 5) is 30.4. The van der Waals surface area contributed by atoms with Crippen molar-refractivity contribution in [1.29, 1.82) is 0 Å². The highest BCUT2D eigenvalue weighted by atomic mass is 79.9. The summed E-state index contributed by atoms with van der Waals surface area (Å²) >= 11 is 6.59. The number of rotatable bonds is 3. The van der Waals surface area contributed by atoms with Crippen molar-refractivity contribution < 1.29 is 27.8 Å². The third-order valence-corrected chi connectivity index (χ3v) is 6.53. The van der Waals surface area contributed by atoms with E-state index in [4.69, 9.17) is 9.47 Å². The average Bonchev–Trinajstić information content (AvgIpc) is 2.93. The molecule has 0 aliphatic carbocycles. The number of urea groups is 1. The summed E-state index contributed by atoms with van der Waals surface area (Å²) in [6.07, 6.45) is 1.43. The fourth-order valence-electron chi connectivity index (χ4n) is 3.54. The van der Waals surface area contributed by atoms with Crippen LogP contribution in [0.4, 0.5) is 30.8 Å². The second-order valence-electron chi connectivity index (χ2n) is 6.57. The molecule has 0 fully saturated rings. The number of alkyl halides is 2. The van der Waals surface area contributed by atoms with E-state index in [1.54, 1.807) is 6.92 Å². The number of benzene rings is 1. The van der Waals surface area contributed by atoms with Crippen LogP contribution < -0.4 is 25.0 Å². The standard InChI is InChI=1S/C18H14Br2F2N4O4/c1-6-7-5-23-15-10(18(19,20)16(27)25-15)13(7)24-17(28)26(6)14-11(21)8(29-2)4-9(30-3)12(14)22/h4-6H,1-3H3,(H,24,28)(H,23,25,27). The van der Waals surface area contributed by atoms with Crippen molar-refractivity contribution in [3.8, 4) is 11.5 Å². The van der Waals surface area contributed by atoms with Crippen LogP contribution in [0.1, 0.15) is 24.1 Å². The lowest BCUT2D eigenvalue weighted by Crippen LogP contribution is -2.43. The fourth-order valence-corrected chi connectivity index (χ4v) is 4.51. The number of methoxy groups -OCH3 is 2. The molecular formula is C18H14Br2F2N4O4. The van der Waals surface area contributed by atoms with Gasteiger partial charge in [-0.25, -0.2) is 18.6 Å². The highest BCUT2D eigenvalue weighted by Crippen LogP contribution is 2.53. The van der Waals surface area contributed by atoms with Gasteiger partial charge in [-0.15, -0.1) is 0 Å². The first kappa shape index (κ1) is 20.8. The number of fused-ring (bicyclic) bond motifs is 3. The summed E-state index contributed by atoms with van der Waals surface area (Å²) in [5.41, 5.74) is 0.514. The number of amides is 3. The van der Waals surface area contributed by atoms with E-state index in [1.807, 2.05) is 0 Å². The van der Waals surface area contributed by atoms with Crippen molar-refractivity contribution >= 4 is 61.0 Å². The molecule has 2 N–H and O–H groups in total. The molecule has 0 bridgehead atoms. The van der Waals surface area contributed by atoms with Crippen LogP contribution in [0.2, 0.25) is 0 Å². The predicted octanol–water partition coefficient (Wildman–Crippen LogP) is 4.38. The number of halogens is 4. The Balaban J connectivity index is 1.91. The highest BCUT2D eigenvalue weighted by Gasteiger charge is 2.49. The molecule has 0 saturated heterocycles. The van der Waals surface area contributed by atoms with Gasteiger partial charge in [0.05, 0.1) is 31.5 Å². The zero-order valence-corrected chi connectivity index (χ0v) is 18.9. The smallest absolute Gasteiger partial charge is 0.327 e. The van der Waals surface area contributed by atoms with Gasteiger partial charge >= 0.3 is 6.03 Å². The van der Waals surface area contributed by atoms with E-state index in [1.165, 1.54) is 20.4 Å². The number of anilines is 3. The number of pyridine rings is 1. The lowest BCUT2D eigenvalue weighted by molar-refractivity contribution is -0.115. The highest BCUT2D eigenvalue weighted by molar-refractivity contribution is 9.25. The van der Waals surface area contributed by atoms with E-state index in [9.17, 15) is 9.59 Å². The third kappa shape index (κ3) is 2.77. The Labute approximate surface area is 186 Å². The number of nitrogens with zero attached hydrogens (tertiary/aromatic N) is 2. The Morgan fingerprint density at radius 3 is 2.30 bits per heavy atom. The van der Waals surface area contributed by atoms with Gasteiger partial charge in [0.25, 0.3) is 5.91 Å². The second kappa shape index (κ2) is 7.05. The van der Waals surface area contributed by atoms with Gasteiger partial charge in [0.2, 0.25) is 0 Å². The zero-order chi connectivity index (χ0) is 22.0. The Morgan fingerprint density at radius 2 is 1.73 bits per heavy atom. The molecule has 0 radical (unpaired) electrons. The minimum absolute atomic E-state index is 0.258. The van der Waals surface area contributed by atoms with Crippen LogP contribution in [-0.4, -0.2) is 31.1 Å². The lowest BCUT2D eigenvalue weighted by atomic mass is 9.99. The van der Waals surface area contributed by atoms with Crippen molar-refractivity contribution in [1.82, 2.24) is 4.98 Å². The van der Waals surface area contributed by atoms with E-state index in [2.05, 4.69) is 47.5 Å². The van der Waals surface area contributed by atoms with Crippen LogP contribution in [0.15, 0.2) is 12.3 Å². The number of carbonyl (C=O) groups is 2. The van der Waals surface area contributed by atoms with Gasteiger partial charge in [-0.1, -0.05) is 31.9 Å². The zero-order valence-electron chi connectivity index (χ0n) is 15.8. The maximum absolute atomic E-state index is 15.0. The normalized spacial score (nSPS) is 19.0. The number of ether oxygens (including phenoxy) is 2. The van der Waals surface area contributed by atoms with Gasteiger partial charge in [-0.3, -0.25) is 9.69 Å². The Bertz CT molecular complexity index is 1080. The first-order valence-electron chi connectivity index (χ1n) is 8.56. The van der Waals surface area contributed by atoms with E-state index < -0.39 is 38.5 Å². The molecule has 4 rings (SSSR count). The monoisotopic (exact) mass is 546 g/mol. The summed E-state index contributed by atoms with van der Waals surface area (Å²) in [7, 11) is 2.44. The second-order valence-corrected chi connectivity index (χ2v) is 10.0. The van der Waals surface area contributed by atoms with Crippen LogP contribution in [0, 0.1) is 11.6 Å². The molecule has 3 amide bonds. The topological polar surface area (TPSA) is 92.8 Å². The fraction of sp³-hybridized carbons (Fsp3) is 0.278. The van der Waals surface area contributed by atoms with Crippen LogP contribution in [0.5, 0.6) is 11.5 Å². The molecule has 1 unspecified atom stereocenters. The van der Waals surface area contributed by atoms with E-state index in [0.717, 1.165) is 11.0 Å². The van der Waals surface area contributed by atoms with Crippen molar-refractivity contribution in [2.45, 2.75) is 16.2 Å². The van der Waals surface area contributed by atoms with E-state index in [-0.39, 0.29) is 17.3 Å². The summed E-state index contributed by atoms with van der Waals surface area (Å²) in [6, 6.07) is -0.574. The van der Waals surface area contributed by atoms with Gasteiger partial charge < -0.3 is 20.1 Å². The summed E-state index contributed by atoms with van der Waals surface area (Å²) in [6.45, 7) is 1.59. The average molecular weight is 548 g/mol. The molecule has 0 saturated carbocycles. The van der Waals surface area contributed by atoms with Gasteiger partial charge in [0.15, 0.2) is 26.4 Å². The van der Waals surface area contributed by atoms with Crippen LogP contribution in [-0.2, 0) is 8.03 Å². The summed E-state index contributed by atoms with van der Waals surface area (Å²) < 4.78 is 38.7. The van der Waals surface area contributed by atoms with Crippen molar-refractivity contribution in [3.05, 3.63) is 35.0 Å². The first-order chi connectivity index (χ1) is 14.1. The predicted molar refractivity (Wildman–Crippen MR) is 112 cm³/mol. The lowest BCUT2D eigenvalue weighted by Gasteiger charge is -2.37. The van der Waals surface area contributed by atoms with Crippen molar-refractivity contribution in [2.75, 3.05) is 29.8 Å². The molecule has 2 aliphatic rings. The number of aromatic nitrogens is 1. The van der Waals surface area contributed by atoms with Crippen LogP contribution in [0.25, 0.3) is 0 Å². The molecule has 2 aromatic rings. The van der Waals surface area contributed by atoms with Crippen LogP contribution >= 0.6 is 31.9 Å². The summed E-state index contributed by atoms with van der Waals surface area (Å²) in [5, 5.41) is 5.22. The molecule has 1 aromatic heterocycles. The summed E-state index contributed by atoms with van der Waals surface area (Å²) in [5.74, 6) is -2.83. The molecule has 8 nitrogen and oxygen atoms in total. The molecule has 1 aromatic carbocycles. The Kier molecular flexibility index (Phi) is 4.88. The Hall–Kier alpha value is -2.47. The molecule has 0 spiro atoms. The van der Waals surface area contributed by atoms with E-state index >= 15 is 8.78 Å². The SMILES string of the molecule is COc1cc(OC)c(F)c(N2C(=O)Nc3c(cnc4c3C(Br)(Br)C(=O)N4)C2C)c1F. The molecule has 3 heterocycles. The number of hydrogen-bond donors (Lipinski definition) is 2. The van der Waals surface area contributed by atoms with Crippen LogP contribution in [0.3, 0.4) is 0 Å². The van der Waals surface area contributed by atoms with Gasteiger partial charge in [0, 0.05) is 17.8 Å². The molecule has 2 aliphatic heterocycles. The molecule has 12 heteroatoms. The number of hydrogen-bond acceptors (Lipinski definition) is 5. The quantitative estimate of drug-likeness (QED) is 0.556. The number of carbonyl (C=O) groups excluding carboxylic acids is 2. The van der Waals surface area contributed by atoms with Gasteiger partial charge in [-0.2, -0.15) is 0 Å². The largest absolute Gasteiger partial charge is 0.493 e. The molecule has 30 heavy (non-hydrogen) atoms. The third-order valence-electron chi connectivity index (χ3n) is 5.02. The minimum atomic E-state index is -1.31. The molecule has 1 atom stereocenters. The van der Waals surface area contributed by atoms with E-state index in [0.29, 0.717) is 16.8 Å².